The van der Waals surface area contributed by atoms with Crippen LogP contribution in [0.3, 0.4) is 0 Å². The van der Waals surface area contributed by atoms with Gasteiger partial charge in [0.15, 0.2) is 0 Å². The molecule has 0 aliphatic heterocycles. The minimum absolute atomic E-state index is 0.252. The van der Waals surface area contributed by atoms with E-state index in [9.17, 15) is 9.90 Å². The minimum Gasteiger partial charge on any atom is -0.478 e. The summed E-state index contributed by atoms with van der Waals surface area (Å²) in [4.78, 5) is 14.4. The maximum absolute atomic E-state index is 11.8. The van der Waals surface area contributed by atoms with E-state index in [4.69, 9.17) is 0 Å². The van der Waals surface area contributed by atoms with Crippen molar-refractivity contribution in [2.24, 2.45) is 5.41 Å². The number of carboxylic acids is 1. The van der Waals surface area contributed by atoms with Gasteiger partial charge in [-0.1, -0.05) is 33.1 Å². The van der Waals surface area contributed by atoms with Gasteiger partial charge in [-0.25, -0.2) is 4.79 Å². The molecule has 1 N–H and O–H groups in total. The third kappa shape index (κ3) is 2.52. The van der Waals surface area contributed by atoms with Crippen LogP contribution in [0.4, 0.5) is 0 Å². The Kier molecular flexibility index (Phi) is 3.65. The molecule has 0 unspecified atom stereocenters. The summed E-state index contributed by atoms with van der Waals surface area (Å²) in [6.07, 6.45) is 9.40. The van der Waals surface area contributed by atoms with E-state index in [0.29, 0.717) is 11.5 Å². The van der Waals surface area contributed by atoms with Gasteiger partial charge in [0.2, 0.25) is 0 Å². The predicted molar refractivity (Wildman–Crippen MR) is 82.9 cm³/mol. The average Bonchev–Trinajstić information content (AvgIpc) is 2.77. The van der Waals surface area contributed by atoms with Crippen molar-refractivity contribution < 1.29 is 9.90 Å². The number of carboxylic acid groups (broad SMARTS) is 1. The Morgan fingerprint density at radius 1 is 1.25 bits per heavy atom. The molecule has 0 atom stereocenters. The second kappa shape index (κ2) is 5.18. The molecule has 0 radical (unpaired) electrons. The Morgan fingerprint density at radius 2 is 1.95 bits per heavy atom. The second-order valence-electron chi connectivity index (χ2n) is 7.22. The van der Waals surface area contributed by atoms with Crippen LogP contribution >= 0.6 is 11.3 Å². The van der Waals surface area contributed by atoms with E-state index < -0.39 is 5.97 Å². The van der Waals surface area contributed by atoms with Gasteiger partial charge in [0.25, 0.3) is 0 Å². The molecule has 0 saturated heterocycles. The van der Waals surface area contributed by atoms with Gasteiger partial charge < -0.3 is 5.11 Å². The third-order valence-electron chi connectivity index (χ3n) is 4.99. The fourth-order valence-corrected chi connectivity index (χ4v) is 5.31. The summed E-state index contributed by atoms with van der Waals surface area (Å²) in [6, 6.07) is 0. The van der Waals surface area contributed by atoms with Crippen LogP contribution in [0.15, 0.2) is 0 Å². The summed E-state index contributed by atoms with van der Waals surface area (Å²) in [5, 5.41) is 9.72. The summed E-state index contributed by atoms with van der Waals surface area (Å²) in [7, 11) is 0. The molecule has 110 valence electrons. The molecule has 3 heteroatoms. The standard InChI is InChI=1S/C17H24O2S/c1-17(2)9-8-13-12(10-17)14(16(18)19)15(20-13)11-6-4-3-5-7-11/h11H,3-10H2,1-2H3,(H,18,19). The smallest absolute Gasteiger partial charge is 0.337 e. The van der Waals surface area contributed by atoms with Crippen molar-refractivity contribution in [1.82, 2.24) is 0 Å². The molecule has 0 amide bonds. The van der Waals surface area contributed by atoms with Crippen molar-refractivity contribution in [3.05, 3.63) is 20.9 Å². The first-order chi connectivity index (χ1) is 9.48. The van der Waals surface area contributed by atoms with Gasteiger partial charge in [-0.3, -0.25) is 0 Å². The molecule has 2 aliphatic rings. The van der Waals surface area contributed by atoms with E-state index in [1.54, 1.807) is 0 Å². The lowest BCUT2D eigenvalue weighted by atomic mass is 9.75. The fourth-order valence-electron chi connectivity index (χ4n) is 3.83. The first-order valence-corrected chi connectivity index (χ1v) is 8.67. The fraction of sp³-hybridized carbons (Fsp3) is 0.706. The zero-order valence-electron chi connectivity index (χ0n) is 12.5. The van der Waals surface area contributed by atoms with Crippen LogP contribution < -0.4 is 0 Å². The monoisotopic (exact) mass is 292 g/mol. The maximum atomic E-state index is 11.8. The highest BCUT2D eigenvalue weighted by Crippen LogP contribution is 2.46. The summed E-state index contributed by atoms with van der Waals surface area (Å²) in [5.41, 5.74) is 2.10. The van der Waals surface area contributed by atoms with Crippen molar-refractivity contribution in [2.75, 3.05) is 0 Å². The first-order valence-electron chi connectivity index (χ1n) is 7.86. The molecule has 2 nitrogen and oxygen atoms in total. The summed E-state index contributed by atoms with van der Waals surface area (Å²) in [6.45, 7) is 4.53. The van der Waals surface area contributed by atoms with Crippen LogP contribution in [-0.4, -0.2) is 11.1 Å². The SMILES string of the molecule is CC1(C)CCc2sc(C3CCCCC3)c(C(=O)O)c2C1. The quantitative estimate of drug-likeness (QED) is 0.832. The highest BCUT2D eigenvalue weighted by Gasteiger charge is 2.34. The Bertz CT molecular complexity index is 521. The van der Waals surface area contributed by atoms with Crippen LogP contribution in [0.25, 0.3) is 0 Å². The summed E-state index contributed by atoms with van der Waals surface area (Å²) >= 11 is 1.82. The highest BCUT2D eigenvalue weighted by atomic mass is 32.1. The molecular formula is C17H24O2S. The van der Waals surface area contributed by atoms with Gasteiger partial charge in [0.05, 0.1) is 5.56 Å². The summed E-state index contributed by atoms with van der Waals surface area (Å²) < 4.78 is 0. The number of aromatic carboxylic acids is 1. The topological polar surface area (TPSA) is 37.3 Å². The molecule has 20 heavy (non-hydrogen) atoms. The normalized spacial score (nSPS) is 22.5. The molecule has 1 aromatic rings. The number of carbonyl (C=O) groups is 1. The van der Waals surface area contributed by atoms with Gasteiger partial charge in [-0.05, 0) is 49.0 Å². The molecular weight excluding hydrogens is 268 g/mol. The Morgan fingerprint density at radius 3 is 2.60 bits per heavy atom. The van der Waals surface area contributed by atoms with E-state index in [2.05, 4.69) is 13.8 Å². The lowest BCUT2D eigenvalue weighted by Crippen LogP contribution is -2.22. The largest absolute Gasteiger partial charge is 0.478 e. The van der Waals surface area contributed by atoms with Crippen LogP contribution in [0.5, 0.6) is 0 Å². The zero-order chi connectivity index (χ0) is 14.3. The molecule has 0 aromatic carbocycles. The van der Waals surface area contributed by atoms with Crippen molar-refractivity contribution in [2.45, 2.75) is 71.1 Å². The number of hydrogen-bond donors (Lipinski definition) is 1. The molecule has 1 aromatic heterocycles. The lowest BCUT2D eigenvalue weighted by molar-refractivity contribution is 0.0693. The number of fused-ring (bicyclic) bond motifs is 1. The van der Waals surface area contributed by atoms with Gasteiger partial charge >= 0.3 is 5.97 Å². The van der Waals surface area contributed by atoms with E-state index >= 15 is 0 Å². The lowest BCUT2D eigenvalue weighted by Gasteiger charge is -2.29. The highest BCUT2D eigenvalue weighted by molar-refractivity contribution is 7.12. The van der Waals surface area contributed by atoms with Crippen LogP contribution in [0.2, 0.25) is 0 Å². The third-order valence-corrected chi connectivity index (χ3v) is 6.45. The first kappa shape index (κ1) is 14.1. The number of rotatable bonds is 2. The van der Waals surface area contributed by atoms with Crippen molar-refractivity contribution in [3.8, 4) is 0 Å². The number of aryl methyl sites for hydroxylation is 1. The van der Waals surface area contributed by atoms with Gasteiger partial charge in [-0.15, -0.1) is 11.3 Å². The maximum Gasteiger partial charge on any atom is 0.337 e. The molecule has 1 fully saturated rings. The molecule has 2 aliphatic carbocycles. The Labute approximate surface area is 125 Å². The van der Waals surface area contributed by atoms with Gasteiger partial charge in [0.1, 0.15) is 0 Å². The Balaban J connectivity index is 2.02. The zero-order valence-corrected chi connectivity index (χ0v) is 13.3. The minimum atomic E-state index is -0.694. The predicted octanol–water partition coefficient (Wildman–Crippen LogP) is 5.01. The Hall–Kier alpha value is -0.830. The molecule has 0 spiro atoms. The van der Waals surface area contributed by atoms with E-state index in [1.165, 1.54) is 53.8 Å². The van der Waals surface area contributed by atoms with E-state index in [-0.39, 0.29) is 5.41 Å². The van der Waals surface area contributed by atoms with E-state index in [0.717, 1.165) is 12.8 Å². The van der Waals surface area contributed by atoms with Crippen molar-refractivity contribution >= 4 is 17.3 Å². The van der Waals surface area contributed by atoms with Crippen LogP contribution in [0, 0.1) is 5.41 Å². The number of hydrogen-bond acceptors (Lipinski definition) is 2. The summed E-state index contributed by atoms with van der Waals surface area (Å²) in [5.74, 6) is -0.186. The van der Waals surface area contributed by atoms with Gasteiger partial charge in [0, 0.05) is 9.75 Å². The second-order valence-corrected chi connectivity index (χ2v) is 8.36. The molecule has 1 saturated carbocycles. The van der Waals surface area contributed by atoms with Gasteiger partial charge in [-0.2, -0.15) is 0 Å². The average molecular weight is 292 g/mol. The number of thiophene rings is 1. The van der Waals surface area contributed by atoms with Crippen LogP contribution in [0.1, 0.15) is 84.0 Å². The van der Waals surface area contributed by atoms with E-state index in [1.807, 2.05) is 11.3 Å². The molecule has 3 rings (SSSR count). The van der Waals surface area contributed by atoms with Crippen molar-refractivity contribution in [1.29, 1.82) is 0 Å². The molecule has 1 heterocycles. The van der Waals surface area contributed by atoms with Crippen molar-refractivity contribution in [3.63, 3.8) is 0 Å². The van der Waals surface area contributed by atoms with Crippen LogP contribution in [-0.2, 0) is 12.8 Å². The molecule has 0 bridgehead atoms.